The highest BCUT2D eigenvalue weighted by Gasteiger charge is 2.24. The number of hydrogen-bond acceptors (Lipinski definition) is 5. The molecule has 0 saturated carbocycles. The van der Waals surface area contributed by atoms with E-state index >= 15 is 0 Å². The lowest BCUT2D eigenvalue weighted by Gasteiger charge is -2.16. The molecule has 5 rings (SSSR count). The summed E-state index contributed by atoms with van der Waals surface area (Å²) in [5, 5.41) is 7.86. The molecule has 0 spiro atoms. The van der Waals surface area contributed by atoms with Crippen LogP contribution in [0.1, 0.15) is 39.3 Å². The van der Waals surface area contributed by atoms with Crippen LogP contribution in [-0.2, 0) is 26.0 Å². The molecule has 1 N–H and O–H groups in total. The van der Waals surface area contributed by atoms with Gasteiger partial charge in [0.25, 0.3) is 5.91 Å². The number of amides is 1. The zero-order valence-corrected chi connectivity index (χ0v) is 20.5. The number of carbonyl (C=O) groups excluding carboxylic acids is 1. The zero-order chi connectivity index (χ0) is 24.9. The van der Waals surface area contributed by atoms with Crippen molar-refractivity contribution in [3.63, 3.8) is 0 Å². The summed E-state index contributed by atoms with van der Waals surface area (Å²) in [7, 11) is 3.09. The van der Waals surface area contributed by atoms with Gasteiger partial charge >= 0.3 is 0 Å². The molecule has 1 heterocycles. The van der Waals surface area contributed by atoms with Gasteiger partial charge < -0.3 is 19.5 Å². The average Bonchev–Trinajstić information content (AvgIpc) is 3.54. The van der Waals surface area contributed by atoms with E-state index in [1.165, 1.54) is 11.3 Å². The van der Waals surface area contributed by atoms with Crippen LogP contribution in [0.15, 0.2) is 72.8 Å². The van der Waals surface area contributed by atoms with Gasteiger partial charge in [-0.05, 0) is 54.7 Å². The third-order valence-electron chi connectivity index (χ3n) is 6.38. The van der Waals surface area contributed by atoms with E-state index in [0.29, 0.717) is 36.0 Å². The first-order valence-corrected chi connectivity index (χ1v) is 12.0. The minimum absolute atomic E-state index is 0.234. The fraction of sp³-hybridized carbons (Fsp3) is 0.241. The second kappa shape index (κ2) is 10.6. The lowest BCUT2D eigenvalue weighted by atomic mass is 10.1. The molecular weight excluding hydrogens is 454 g/mol. The average molecular weight is 484 g/mol. The molecular formula is C29H29N3O4. The monoisotopic (exact) mass is 483 g/mol. The third-order valence-corrected chi connectivity index (χ3v) is 6.38. The van der Waals surface area contributed by atoms with Gasteiger partial charge in [-0.2, -0.15) is 5.10 Å². The maximum atomic E-state index is 13.1. The van der Waals surface area contributed by atoms with Crippen LogP contribution >= 0.6 is 0 Å². The van der Waals surface area contributed by atoms with Crippen molar-refractivity contribution >= 4 is 5.91 Å². The molecule has 0 fully saturated rings. The van der Waals surface area contributed by atoms with Crippen molar-refractivity contribution < 1.29 is 19.0 Å². The first kappa shape index (κ1) is 23.5. The Morgan fingerprint density at radius 2 is 1.61 bits per heavy atom. The lowest BCUT2D eigenvalue weighted by molar-refractivity contribution is 0.0949. The molecule has 3 aromatic carbocycles. The predicted octanol–water partition coefficient (Wildman–Crippen LogP) is 4.89. The van der Waals surface area contributed by atoms with Gasteiger partial charge in [0.1, 0.15) is 6.61 Å². The highest BCUT2D eigenvalue weighted by molar-refractivity contribution is 5.95. The molecule has 0 radical (unpaired) electrons. The zero-order valence-electron chi connectivity index (χ0n) is 20.5. The predicted molar refractivity (Wildman–Crippen MR) is 137 cm³/mol. The lowest BCUT2D eigenvalue weighted by Crippen LogP contribution is -2.24. The number of aromatic nitrogens is 2. The SMILES string of the molecule is COc1cc(C(=O)NCc2nn(-c3ccccc3)c3c2CCC3)cc(OC)c1OCc1ccccc1. The number of nitrogens with one attached hydrogen (secondary N) is 1. The minimum Gasteiger partial charge on any atom is -0.493 e. The van der Waals surface area contributed by atoms with Gasteiger partial charge in [0.2, 0.25) is 5.75 Å². The molecule has 0 aliphatic heterocycles. The molecule has 7 nitrogen and oxygen atoms in total. The van der Waals surface area contributed by atoms with Crippen molar-refractivity contribution in [3.05, 3.63) is 101 Å². The number of carbonyl (C=O) groups is 1. The summed E-state index contributed by atoms with van der Waals surface area (Å²) >= 11 is 0. The van der Waals surface area contributed by atoms with Crippen LogP contribution in [0.5, 0.6) is 17.2 Å². The van der Waals surface area contributed by atoms with Gasteiger partial charge in [-0.15, -0.1) is 0 Å². The second-order valence-electron chi connectivity index (χ2n) is 8.64. The van der Waals surface area contributed by atoms with Gasteiger partial charge in [-0.3, -0.25) is 4.79 Å². The van der Waals surface area contributed by atoms with E-state index in [4.69, 9.17) is 19.3 Å². The molecule has 1 aliphatic rings. The van der Waals surface area contributed by atoms with E-state index < -0.39 is 0 Å². The van der Waals surface area contributed by atoms with Gasteiger partial charge in [-0.25, -0.2) is 4.68 Å². The Hall–Kier alpha value is -4.26. The van der Waals surface area contributed by atoms with Crippen LogP contribution in [0.2, 0.25) is 0 Å². The van der Waals surface area contributed by atoms with Crippen molar-refractivity contribution in [2.75, 3.05) is 14.2 Å². The molecule has 7 heteroatoms. The van der Waals surface area contributed by atoms with Crippen LogP contribution in [0, 0.1) is 0 Å². The molecule has 184 valence electrons. The number of para-hydroxylation sites is 1. The van der Waals surface area contributed by atoms with E-state index in [1.807, 2.05) is 65.3 Å². The smallest absolute Gasteiger partial charge is 0.251 e. The van der Waals surface area contributed by atoms with Crippen molar-refractivity contribution in [1.29, 1.82) is 0 Å². The van der Waals surface area contributed by atoms with Crippen molar-refractivity contribution in [2.45, 2.75) is 32.4 Å². The fourth-order valence-corrected chi connectivity index (χ4v) is 4.59. The maximum Gasteiger partial charge on any atom is 0.251 e. The molecule has 1 aromatic heterocycles. The Morgan fingerprint density at radius 3 is 2.28 bits per heavy atom. The van der Waals surface area contributed by atoms with E-state index in [-0.39, 0.29) is 5.91 Å². The number of ether oxygens (including phenoxy) is 3. The van der Waals surface area contributed by atoms with Gasteiger partial charge in [-0.1, -0.05) is 48.5 Å². The number of benzene rings is 3. The Kier molecular flexibility index (Phi) is 6.89. The van der Waals surface area contributed by atoms with Crippen molar-refractivity contribution in [1.82, 2.24) is 15.1 Å². The van der Waals surface area contributed by atoms with Crippen LogP contribution in [0.3, 0.4) is 0 Å². The normalized spacial score (nSPS) is 12.2. The Labute approximate surface area is 210 Å². The van der Waals surface area contributed by atoms with E-state index in [1.54, 1.807) is 26.4 Å². The van der Waals surface area contributed by atoms with Crippen molar-refractivity contribution in [2.24, 2.45) is 0 Å². The number of hydrogen-bond donors (Lipinski definition) is 1. The van der Waals surface area contributed by atoms with E-state index in [9.17, 15) is 4.79 Å². The van der Waals surface area contributed by atoms with Crippen LogP contribution in [-0.4, -0.2) is 29.9 Å². The molecule has 0 atom stereocenters. The standard InChI is InChI=1S/C29H29N3O4/c1-34-26-16-21(17-27(35-2)28(26)36-19-20-10-5-3-6-11-20)29(33)30-18-24-23-14-9-15-25(23)32(31-24)22-12-7-4-8-13-22/h3-8,10-13,16-17H,9,14-15,18-19H2,1-2H3,(H,30,33). The molecule has 1 amide bonds. The summed E-state index contributed by atoms with van der Waals surface area (Å²) in [5.74, 6) is 1.09. The second-order valence-corrected chi connectivity index (χ2v) is 8.64. The van der Waals surface area contributed by atoms with Crippen molar-refractivity contribution in [3.8, 4) is 22.9 Å². The van der Waals surface area contributed by atoms with Crippen LogP contribution in [0.25, 0.3) is 5.69 Å². The summed E-state index contributed by atoms with van der Waals surface area (Å²) in [6.45, 7) is 0.701. The first-order chi connectivity index (χ1) is 17.7. The Morgan fingerprint density at radius 1 is 0.944 bits per heavy atom. The van der Waals surface area contributed by atoms with Gasteiger partial charge in [0.15, 0.2) is 11.5 Å². The van der Waals surface area contributed by atoms with E-state index in [2.05, 4.69) is 5.32 Å². The highest BCUT2D eigenvalue weighted by atomic mass is 16.5. The Bertz CT molecular complexity index is 1320. The summed E-state index contributed by atoms with van der Waals surface area (Å²) in [6, 6.07) is 23.3. The first-order valence-electron chi connectivity index (χ1n) is 12.0. The van der Waals surface area contributed by atoms with Crippen LogP contribution < -0.4 is 19.5 Å². The third kappa shape index (κ3) is 4.77. The fourth-order valence-electron chi connectivity index (χ4n) is 4.59. The minimum atomic E-state index is -0.234. The van der Waals surface area contributed by atoms with Gasteiger partial charge in [0.05, 0.1) is 32.1 Å². The van der Waals surface area contributed by atoms with Crippen LogP contribution in [0.4, 0.5) is 0 Å². The maximum absolute atomic E-state index is 13.1. The number of methoxy groups -OCH3 is 2. The molecule has 36 heavy (non-hydrogen) atoms. The summed E-state index contributed by atoms with van der Waals surface area (Å²) in [4.78, 5) is 13.1. The molecule has 4 aromatic rings. The molecule has 0 bridgehead atoms. The summed E-state index contributed by atoms with van der Waals surface area (Å²) in [5.41, 5.74) is 5.85. The number of fused-ring (bicyclic) bond motifs is 1. The largest absolute Gasteiger partial charge is 0.493 e. The quantitative estimate of drug-likeness (QED) is 0.367. The molecule has 0 saturated heterocycles. The van der Waals surface area contributed by atoms with Gasteiger partial charge in [0, 0.05) is 11.3 Å². The summed E-state index contributed by atoms with van der Waals surface area (Å²) in [6.07, 6.45) is 3.06. The molecule has 1 aliphatic carbocycles. The number of nitrogens with zero attached hydrogens (tertiary/aromatic N) is 2. The number of rotatable bonds is 9. The summed E-state index contributed by atoms with van der Waals surface area (Å²) < 4.78 is 19.1. The molecule has 0 unspecified atom stereocenters. The topological polar surface area (TPSA) is 74.6 Å². The Balaban J connectivity index is 1.33. The highest BCUT2D eigenvalue weighted by Crippen LogP contribution is 2.39. The van der Waals surface area contributed by atoms with E-state index in [0.717, 1.165) is 36.2 Å².